The van der Waals surface area contributed by atoms with Crippen LogP contribution in [-0.2, 0) is 0 Å². The van der Waals surface area contributed by atoms with Crippen LogP contribution >= 0.6 is 0 Å². The summed E-state index contributed by atoms with van der Waals surface area (Å²) in [5.74, 6) is 6.29. The normalized spacial score (nSPS) is 10.3. The van der Waals surface area contributed by atoms with Gasteiger partial charge < -0.3 is 19.8 Å². The van der Waals surface area contributed by atoms with Gasteiger partial charge in [0.1, 0.15) is 19.0 Å². The summed E-state index contributed by atoms with van der Waals surface area (Å²) in [5.41, 5.74) is 0.873. The highest BCUT2D eigenvalue weighted by Gasteiger charge is 1.99. The van der Waals surface area contributed by atoms with Gasteiger partial charge in [0.2, 0.25) is 0 Å². The van der Waals surface area contributed by atoms with Gasteiger partial charge in [0.15, 0.2) is 0 Å². The van der Waals surface area contributed by atoms with Gasteiger partial charge in [-0.25, -0.2) is 0 Å². The van der Waals surface area contributed by atoms with E-state index in [-0.39, 0.29) is 13.2 Å². The van der Waals surface area contributed by atoms with Crippen LogP contribution in [0, 0.1) is 11.8 Å². The average Bonchev–Trinajstić information content (AvgIpc) is 2.51. The van der Waals surface area contributed by atoms with E-state index < -0.39 is 0 Å². The monoisotopic (exact) mass is 291 g/mol. The van der Waals surface area contributed by atoms with Crippen LogP contribution in [0.1, 0.15) is 24.8 Å². The molecule has 0 aliphatic carbocycles. The maximum atomic E-state index is 8.71. The Morgan fingerprint density at radius 2 is 1.81 bits per heavy atom. The maximum absolute atomic E-state index is 8.71. The minimum atomic E-state index is -0.122. The summed E-state index contributed by atoms with van der Waals surface area (Å²) in [6.07, 6.45) is 3.06. The van der Waals surface area contributed by atoms with Gasteiger partial charge in [-0.3, -0.25) is 0 Å². The lowest BCUT2D eigenvalue weighted by atomic mass is 10.2. The fourth-order valence-electron chi connectivity index (χ4n) is 1.88. The number of likely N-dealkylation sites (N-methyl/N-ethyl adjacent to an activating group) is 1. The predicted molar refractivity (Wildman–Crippen MR) is 84.3 cm³/mol. The number of benzene rings is 1. The molecule has 1 aromatic carbocycles. The number of unbranched alkanes of at least 4 members (excludes halogenated alkanes) is 2. The first-order valence-electron chi connectivity index (χ1n) is 7.38. The first kappa shape index (κ1) is 17.5. The highest BCUT2D eigenvalue weighted by molar-refractivity contribution is 5.38. The second-order valence-electron chi connectivity index (χ2n) is 4.92. The van der Waals surface area contributed by atoms with Gasteiger partial charge in [-0.05, 0) is 57.1 Å². The average molecular weight is 291 g/mol. The Hall–Kier alpha value is -1.54. The molecule has 0 radical (unpaired) electrons. The lowest BCUT2D eigenvalue weighted by molar-refractivity contribution is 0.230. The van der Waals surface area contributed by atoms with Crippen LogP contribution in [0.2, 0.25) is 0 Å². The molecule has 0 aromatic heterocycles. The Bertz CT molecular complexity index is 434. The number of rotatable bonds is 9. The Labute approximate surface area is 127 Å². The third-order valence-electron chi connectivity index (χ3n) is 3.11. The van der Waals surface area contributed by atoms with Crippen LogP contribution in [-0.4, -0.2) is 55.1 Å². The zero-order chi connectivity index (χ0) is 15.3. The molecule has 0 heterocycles. The molecule has 0 spiro atoms. The van der Waals surface area contributed by atoms with E-state index in [0.717, 1.165) is 43.7 Å². The number of aliphatic hydroxyl groups is 2. The predicted octanol–water partition coefficient (Wildman–Crippen LogP) is 1.50. The molecule has 0 fully saturated rings. The summed E-state index contributed by atoms with van der Waals surface area (Å²) in [4.78, 5) is 2.23. The number of ether oxygens (including phenoxy) is 1. The third-order valence-corrected chi connectivity index (χ3v) is 3.11. The highest BCUT2D eigenvalue weighted by Crippen LogP contribution is 2.11. The van der Waals surface area contributed by atoms with Crippen LogP contribution in [0.25, 0.3) is 0 Å². The van der Waals surface area contributed by atoms with Crippen LogP contribution < -0.4 is 4.74 Å². The van der Waals surface area contributed by atoms with Crippen LogP contribution in [0.15, 0.2) is 24.3 Å². The van der Waals surface area contributed by atoms with Crippen molar-refractivity contribution in [2.75, 3.05) is 40.0 Å². The van der Waals surface area contributed by atoms with E-state index in [4.69, 9.17) is 14.9 Å². The van der Waals surface area contributed by atoms with Crippen molar-refractivity contribution in [3.8, 4) is 17.6 Å². The SMILES string of the molecule is CN(CCCCCO)CCOc1ccc(C#CCO)cc1. The molecule has 1 aromatic rings. The molecule has 0 amide bonds. The topological polar surface area (TPSA) is 52.9 Å². The summed E-state index contributed by atoms with van der Waals surface area (Å²) in [7, 11) is 2.08. The molecule has 0 aliphatic rings. The van der Waals surface area contributed by atoms with Gasteiger partial charge >= 0.3 is 0 Å². The largest absolute Gasteiger partial charge is 0.492 e. The van der Waals surface area contributed by atoms with Crippen molar-refractivity contribution in [2.24, 2.45) is 0 Å². The van der Waals surface area contributed by atoms with Gasteiger partial charge in [0.05, 0.1) is 0 Å². The van der Waals surface area contributed by atoms with Crippen molar-refractivity contribution < 1.29 is 14.9 Å². The van der Waals surface area contributed by atoms with Gasteiger partial charge in [0.25, 0.3) is 0 Å². The van der Waals surface area contributed by atoms with Crippen molar-refractivity contribution >= 4 is 0 Å². The van der Waals surface area contributed by atoms with Gasteiger partial charge in [0, 0.05) is 18.7 Å². The Kier molecular flexibility index (Phi) is 9.30. The van der Waals surface area contributed by atoms with Gasteiger partial charge in [-0.15, -0.1) is 0 Å². The molecule has 0 atom stereocenters. The van der Waals surface area contributed by atoms with Crippen molar-refractivity contribution in [1.29, 1.82) is 0 Å². The Morgan fingerprint density at radius 3 is 2.48 bits per heavy atom. The first-order chi connectivity index (χ1) is 10.3. The molecule has 4 nitrogen and oxygen atoms in total. The molecule has 0 unspecified atom stereocenters. The first-order valence-corrected chi connectivity index (χ1v) is 7.38. The summed E-state index contributed by atoms with van der Waals surface area (Å²) in [5, 5.41) is 17.3. The molecule has 1 rings (SSSR count). The maximum Gasteiger partial charge on any atom is 0.119 e. The molecule has 0 bridgehead atoms. The molecule has 21 heavy (non-hydrogen) atoms. The van der Waals surface area contributed by atoms with Crippen LogP contribution in [0.3, 0.4) is 0 Å². The lowest BCUT2D eigenvalue weighted by Gasteiger charge is -2.16. The van der Waals surface area contributed by atoms with E-state index >= 15 is 0 Å². The molecule has 4 heteroatoms. The van der Waals surface area contributed by atoms with E-state index in [1.165, 1.54) is 0 Å². The second-order valence-corrected chi connectivity index (χ2v) is 4.92. The van der Waals surface area contributed by atoms with Gasteiger partial charge in [-0.1, -0.05) is 11.8 Å². The molecule has 2 N–H and O–H groups in total. The second kappa shape index (κ2) is 11.2. The van der Waals surface area contributed by atoms with Crippen molar-refractivity contribution in [1.82, 2.24) is 4.90 Å². The van der Waals surface area contributed by atoms with Crippen LogP contribution in [0.5, 0.6) is 5.75 Å². The lowest BCUT2D eigenvalue weighted by Crippen LogP contribution is -2.25. The number of aliphatic hydroxyl groups excluding tert-OH is 2. The molecule has 116 valence electrons. The number of hydrogen-bond acceptors (Lipinski definition) is 4. The van der Waals surface area contributed by atoms with E-state index in [2.05, 4.69) is 23.8 Å². The van der Waals surface area contributed by atoms with Crippen molar-refractivity contribution in [2.45, 2.75) is 19.3 Å². The Morgan fingerprint density at radius 1 is 1.05 bits per heavy atom. The van der Waals surface area contributed by atoms with E-state index in [1.54, 1.807) is 0 Å². The third kappa shape index (κ3) is 8.36. The molecule has 0 aliphatic heterocycles. The quantitative estimate of drug-likeness (QED) is 0.535. The van der Waals surface area contributed by atoms with Crippen molar-refractivity contribution in [3.05, 3.63) is 29.8 Å². The smallest absolute Gasteiger partial charge is 0.119 e. The molecule has 0 saturated heterocycles. The zero-order valence-corrected chi connectivity index (χ0v) is 12.7. The van der Waals surface area contributed by atoms with Gasteiger partial charge in [-0.2, -0.15) is 0 Å². The highest BCUT2D eigenvalue weighted by atomic mass is 16.5. The summed E-state index contributed by atoms with van der Waals surface area (Å²) < 4.78 is 5.68. The summed E-state index contributed by atoms with van der Waals surface area (Å²) in [6.45, 7) is 2.72. The fraction of sp³-hybridized carbons (Fsp3) is 0.529. The summed E-state index contributed by atoms with van der Waals surface area (Å²) in [6, 6.07) is 7.55. The number of hydrogen-bond donors (Lipinski definition) is 2. The molecule has 0 saturated carbocycles. The fourth-order valence-corrected chi connectivity index (χ4v) is 1.88. The van der Waals surface area contributed by atoms with E-state index in [0.29, 0.717) is 6.61 Å². The van der Waals surface area contributed by atoms with Crippen LogP contribution in [0.4, 0.5) is 0 Å². The molecular weight excluding hydrogens is 266 g/mol. The molecular formula is C17H25NO3. The van der Waals surface area contributed by atoms with E-state index in [1.807, 2.05) is 24.3 Å². The Balaban J connectivity index is 2.20. The van der Waals surface area contributed by atoms with Crippen molar-refractivity contribution in [3.63, 3.8) is 0 Å². The number of nitrogens with zero attached hydrogens (tertiary/aromatic N) is 1. The minimum absolute atomic E-state index is 0.122. The minimum Gasteiger partial charge on any atom is -0.492 e. The van der Waals surface area contributed by atoms with E-state index in [9.17, 15) is 0 Å². The zero-order valence-electron chi connectivity index (χ0n) is 12.7. The summed E-state index contributed by atoms with van der Waals surface area (Å²) >= 11 is 0. The standard InChI is InChI=1S/C17H25NO3/c1-18(11-3-2-4-13-19)12-15-21-17-9-7-16(8-10-17)6-5-14-20/h7-10,19-20H,2-4,11-15H2,1H3.